The summed E-state index contributed by atoms with van der Waals surface area (Å²) in [5, 5.41) is 16.7. The monoisotopic (exact) mass is 446 g/mol. The zero-order valence-electron chi connectivity index (χ0n) is 17.0. The predicted octanol–water partition coefficient (Wildman–Crippen LogP) is 4.52. The van der Waals surface area contributed by atoms with Crippen LogP contribution in [0.15, 0.2) is 71.1 Å². The Morgan fingerprint density at radius 3 is 2.59 bits per heavy atom. The molecule has 0 saturated carbocycles. The van der Waals surface area contributed by atoms with Crippen LogP contribution in [0.5, 0.6) is 0 Å². The molecular weight excluding hydrogens is 428 g/mol. The van der Waals surface area contributed by atoms with Crippen molar-refractivity contribution in [3.63, 3.8) is 0 Å². The highest BCUT2D eigenvalue weighted by Gasteiger charge is 2.15. The van der Waals surface area contributed by atoms with Crippen molar-refractivity contribution in [3.05, 3.63) is 93.5 Å². The average molecular weight is 446 g/mol. The van der Waals surface area contributed by atoms with Gasteiger partial charge in [-0.15, -0.1) is 0 Å². The Morgan fingerprint density at radius 2 is 1.88 bits per heavy atom. The Hall–Kier alpha value is -4.11. The summed E-state index contributed by atoms with van der Waals surface area (Å²) in [7, 11) is 0. The summed E-state index contributed by atoms with van der Waals surface area (Å²) in [5.41, 5.74) is 3.84. The highest BCUT2D eigenvalue weighted by molar-refractivity contribution is 7.80. The SMILES string of the molecule is Cc1ccc(C(=O)NC(=S)NCc2ccc(-c3nc4ccccc4o3)cc2)cc1[N+](=O)[O-]. The van der Waals surface area contributed by atoms with E-state index < -0.39 is 10.8 Å². The van der Waals surface area contributed by atoms with Gasteiger partial charge in [0.2, 0.25) is 5.89 Å². The number of oxazole rings is 1. The van der Waals surface area contributed by atoms with Crippen LogP contribution in [0.1, 0.15) is 21.5 Å². The molecule has 0 spiro atoms. The number of hydrogen-bond acceptors (Lipinski definition) is 6. The molecule has 0 atom stereocenters. The quantitative estimate of drug-likeness (QED) is 0.263. The lowest BCUT2D eigenvalue weighted by Gasteiger charge is -2.10. The molecular formula is C23H18N4O4S. The van der Waals surface area contributed by atoms with Crippen molar-refractivity contribution in [2.24, 2.45) is 0 Å². The maximum Gasteiger partial charge on any atom is 0.273 e. The number of fused-ring (bicyclic) bond motifs is 1. The third-order valence-electron chi connectivity index (χ3n) is 4.84. The van der Waals surface area contributed by atoms with Gasteiger partial charge in [-0.1, -0.05) is 30.3 Å². The molecule has 8 nitrogen and oxygen atoms in total. The molecule has 0 unspecified atom stereocenters. The van der Waals surface area contributed by atoms with Crippen LogP contribution < -0.4 is 10.6 Å². The zero-order chi connectivity index (χ0) is 22.7. The van der Waals surface area contributed by atoms with Crippen LogP contribution in [0.2, 0.25) is 0 Å². The van der Waals surface area contributed by atoms with Gasteiger partial charge in [0.05, 0.1) is 4.92 Å². The fraction of sp³-hybridized carbons (Fsp3) is 0.0870. The van der Waals surface area contributed by atoms with Crippen molar-refractivity contribution in [3.8, 4) is 11.5 Å². The second kappa shape index (κ2) is 8.94. The van der Waals surface area contributed by atoms with Gasteiger partial charge in [0, 0.05) is 29.3 Å². The summed E-state index contributed by atoms with van der Waals surface area (Å²) >= 11 is 5.18. The smallest absolute Gasteiger partial charge is 0.273 e. The molecule has 32 heavy (non-hydrogen) atoms. The van der Waals surface area contributed by atoms with Gasteiger partial charge < -0.3 is 9.73 Å². The number of hydrogen-bond donors (Lipinski definition) is 2. The first-order valence-electron chi connectivity index (χ1n) is 9.70. The van der Waals surface area contributed by atoms with Crippen LogP contribution >= 0.6 is 12.2 Å². The lowest BCUT2D eigenvalue weighted by atomic mass is 10.1. The molecule has 0 radical (unpaired) electrons. The lowest BCUT2D eigenvalue weighted by Crippen LogP contribution is -2.38. The first kappa shape index (κ1) is 21.1. The molecule has 0 aliphatic carbocycles. The molecule has 1 amide bonds. The molecule has 160 valence electrons. The van der Waals surface area contributed by atoms with Gasteiger partial charge in [0.1, 0.15) is 5.52 Å². The third kappa shape index (κ3) is 4.62. The molecule has 0 fully saturated rings. The Bertz CT molecular complexity index is 1300. The second-order valence-electron chi connectivity index (χ2n) is 7.08. The van der Waals surface area contributed by atoms with Crippen molar-refractivity contribution in [2.75, 3.05) is 0 Å². The van der Waals surface area contributed by atoms with E-state index in [1.165, 1.54) is 18.2 Å². The van der Waals surface area contributed by atoms with Crippen LogP contribution in [-0.4, -0.2) is 20.9 Å². The van der Waals surface area contributed by atoms with E-state index in [-0.39, 0.29) is 16.4 Å². The van der Waals surface area contributed by atoms with Crippen molar-refractivity contribution in [1.29, 1.82) is 0 Å². The molecule has 4 aromatic rings. The first-order valence-corrected chi connectivity index (χ1v) is 10.1. The largest absolute Gasteiger partial charge is 0.436 e. The van der Waals surface area contributed by atoms with Crippen molar-refractivity contribution in [1.82, 2.24) is 15.6 Å². The van der Waals surface area contributed by atoms with Crippen LogP contribution in [0.25, 0.3) is 22.6 Å². The van der Waals surface area contributed by atoms with E-state index in [4.69, 9.17) is 16.6 Å². The summed E-state index contributed by atoms with van der Waals surface area (Å²) in [6, 6.07) is 19.5. The zero-order valence-corrected chi connectivity index (χ0v) is 17.8. The number of nitro benzene ring substituents is 1. The van der Waals surface area contributed by atoms with Crippen LogP contribution in [0.3, 0.4) is 0 Å². The fourth-order valence-corrected chi connectivity index (χ4v) is 3.27. The number of amides is 1. The van der Waals surface area contributed by atoms with Crippen molar-refractivity contribution >= 4 is 40.0 Å². The van der Waals surface area contributed by atoms with Gasteiger partial charge in [-0.3, -0.25) is 20.2 Å². The van der Waals surface area contributed by atoms with Crippen LogP contribution in [0.4, 0.5) is 5.69 Å². The standard InChI is InChI=1S/C23H18N4O4S/c1-14-6-9-17(12-19(14)27(29)30)21(28)26-23(32)24-13-15-7-10-16(11-8-15)22-25-18-4-2-3-5-20(18)31-22/h2-12H,13H2,1H3,(H2,24,26,28,32). The highest BCUT2D eigenvalue weighted by Crippen LogP contribution is 2.24. The van der Waals surface area contributed by atoms with Gasteiger partial charge in [-0.2, -0.15) is 0 Å². The summed E-state index contributed by atoms with van der Waals surface area (Å²) < 4.78 is 5.77. The molecule has 0 aliphatic rings. The Labute approximate surface area is 188 Å². The molecule has 3 aromatic carbocycles. The Kier molecular flexibility index (Phi) is 5.91. The molecule has 0 saturated heterocycles. The number of aryl methyl sites for hydroxylation is 1. The molecule has 1 aromatic heterocycles. The summed E-state index contributed by atoms with van der Waals surface area (Å²) in [6.07, 6.45) is 0. The minimum absolute atomic E-state index is 0.115. The molecule has 0 bridgehead atoms. The van der Waals surface area contributed by atoms with E-state index in [0.29, 0.717) is 18.0 Å². The summed E-state index contributed by atoms with van der Waals surface area (Å²) in [4.78, 5) is 27.4. The van der Waals surface area contributed by atoms with E-state index in [9.17, 15) is 14.9 Å². The summed E-state index contributed by atoms with van der Waals surface area (Å²) in [5.74, 6) is 0.0255. The van der Waals surface area contributed by atoms with Crippen LogP contribution in [-0.2, 0) is 6.54 Å². The van der Waals surface area contributed by atoms with Gasteiger partial charge in [-0.25, -0.2) is 4.98 Å². The average Bonchev–Trinajstić information content (AvgIpc) is 3.22. The number of para-hydroxylation sites is 2. The van der Waals surface area contributed by atoms with E-state index in [0.717, 1.165) is 22.2 Å². The molecule has 2 N–H and O–H groups in total. The first-order chi connectivity index (χ1) is 15.4. The van der Waals surface area contributed by atoms with E-state index in [2.05, 4.69) is 15.6 Å². The predicted molar refractivity (Wildman–Crippen MR) is 124 cm³/mol. The molecule has 9 heteroatoms. The maximum absolute atomic E-state index is 12.3. The summed E-state index contributed by atoms with van der Waals surface area (Å²) in [6.45, 7) is 2.00. The molecule has 0 aliphatic heterocycles. The van der Waals surface area contributed by atoms with Gasteiger partial charge >= 0.3 is 0 Å². The normalized spacial score (nSPS) is 10.7. The van der Waals surface area contributed by atoms with Gasteiger partial charge in [0.15, 0.2) is 10.7 Å². The minimum atomic E-state index is -0.521. The van der Waals surface area contributed by atoms with Crippen molar-refractivity contribution in [2.45, 2.75) is 13.5 Å². The molecule has 1 heterocycles. The van der Waals surface area contributed by atoms with Gasteiger partial charge in [-0.05, 0) is 55.0 Å². The Morgan fingerprint density at radius 1 is 1.12 bits per heavy atom. The number of nitrogens with one attached hydrogen (secondary N) is 2. The topological polar surface area (TPSA) is 110 Å². The van der Waals surface area contributed by atoms with E-state index in [1.807, 2.05) is 48.5 Å². The van der Waals surface area contributed by atoms with E-state index >= 15 is 0 Å². The van der Waals surface area contributed by atoms with Crippen molar-refractivity contribution < 1.29 is 14.1 Å². The third-order valence-corrected chi connectivity index (χ3v) is 5.09. The number of thiocarbonyl (C=S) groups is 1. The number of carbonyl (C=O) groups excluding carboxylic acids is 1. The highest BCUT2D eigenvalue weighted by atomic mass is 32.1. The Balaban J connectivity index is 1.35. The number of nitro groups is 1. The number of rotatable bonds is 5. The number of carbonyl (C=O) groups is 1. The number of aromatic nitrogens is 1. The maximum atomic E-state index is 12.3. The molecule has 4 rings (SSSR count). The number of nitrogens with zero attached hydrogens (tertiary/aromatic N) is 2. The van der Waals surface area contributed by atoms with E-state index in [1.54, 1.807) is 6.92 Å². The minimum Gasteiger partial charge on any atom is -0.436 e. The second-order valence-corrected chi connectivity index (χ2v) is 7.49. The van der Waals surface area contributed by atoms with Crippen LogP contribution in [0, 0.1) is 17.0 Å². The number of benzene rings is 3. The fourth-order valence-electron chi connectivity index (χ4n) is 3.11. The lowest BCUT2D eigenvalue weighted by molar-refractivity contribution is -0.385. The van der Waals surface area contributed by atoms with Gasteiger partial charge in [0.25, 0.3) is 11.6 Å².